The Kier molecular flexibility index (Phi) is 3.69. The summed E-state index contributed by atoms with van der Waals surface area (Å²) in [5.74, 6) is 0. The summed E-state index contributed by atoms with van der Waals surface area (Å²) in [6.45, 7) is 2.00. The number of nitrogens with two attached hydrogens (primary N) is 1. The monoisotopic (exact) mass is 205 g/mol. The van der Waals surface area contributed by atoms with E-state index in [1.54, 1.807) is 0 Å². The number of hydrogen-bond acceptors (Lipinski definition) is 4. The second-order valence-electron chi connectivity index (χ2n) is 2.89. The molecule has 4 heteroatoms. The minimum atomic E-state index is -0.818. The number of nitriles is 1. The topological polar surface area (TPSA) is 73.7 Å². The molecule has 72 valence electrons. The second-order valence-corrected chi connectivity index (χ2v) is 4.00. The van der Waals surface area contributed by atoms with Crippen LogP contribution in [-0.2, 0) is 0 Å². The van der Waals surface area contributed by atoms with Crippen LogP contribution >= 0.6 is 11.8 Å². The van der Waals surface area contributed by atoms with Gasteiger partial charge in [0.25, 0.3) is 0 Å². The zero-order valence-corrected chi connectivity index (χ0v) is 8.64. The molecule has 1 aromatic carbocycles. The molecule has 0 spiro atoms. The third-order valence-electron chi connectivity index (χ3n) is 1.67. The fourth-order valence-electron chi connectivity index (χ4n) is 0.855. The highest BCUT2D eigenvalue weighted by Gasteiger charge is 2.08. The molecule has 1 rings (SSSR count). The summed E-state index contributed by atoms with van der Waals surface area (Å²) in [5, 5.41) is 16.2. The summed E-state index contributed by atoms with van der Waals surface area (Å²) in [7, 11) is 0. The van der Waals surface area contributed by atoms with Crippen molar-refractivity contribution in [2.45, 2.75) is 17.9 Å². The van der Waals surface area contributed by atoms with Crippen LogP contribution < -0.4 is 5.73 Å². The molecule has 1 aromatic rings. The molecule has 0 aliphatic heterocycles. The van der Waals surface area contributed by atoms with E-state index in [2.05, 4.69) is 0 Å². The van der Waals surface area contributed by atoms with Crippen LogP contribution in [-0.4, -0.2) is 11.1 Å². The highest BCUT2D eigenvalue weighted by atomic mass is 32.2. The van der Waals surface area contributed by atoms with Crippen LogP contribution in [0.1, 0.15) is 5.56 Å². The number of rotatable bonds is 2. The molecule has 0 bridgehead atoms. The molecule has 0 heterocycles. The molecule has 1 atom stereocenters. The molecule has 14 heavy (non-hydrogen) atoms. The fraction of sp³-hybridized carbons (Fsp3) is 0.200. The fourth-order valence-corrected chi connectivity index (χ4v) is 1.56. The Bertz CT molecular complexity index is 364. The molecule has 0 aliphatic carbocycles. The van der Waals surface area contributed by atoms with E-state index < -0.39 is 6.04 Å². The van der Waals surface area contributed by atoms with Gasteiger partial charge in [-0.1, -0.05) is 29.5 Å². The molecular formula is C10H11N3S. The van der Waals surface area contributed by atoms with Gasteiger partial charge >= 0.3 is 0 Å². The average molecular weight is 205 g/mol. The highest BCUT2D eigenvalue weighted by Crippen LogP contribution is 2.20. The maximum atomic E-state index is 8.50. The Morgan fingerprint density at radius 1 is 1.50 bits per heavy atom. The minimum absolute atomic E-state index is 0.177. The van der Waals surface area contributed by atoms with Crippen LogP contribution in [0.25, 0.3) is 0 Å². The lowest BCUT2D eigenvalue weighted by atomic mass is 10.2. The van der Waals surface area contributed by atoms with Gasteiger partial charge in [-0.05, 0) is 19.1 Å². The first kappa shape index (κ1) is 10.8. The maximum Gasteiger partial charge on any atom is 0.141 e. The van der Waals surface area contributed by atoms with Gasteiger partial charge in [0.05, 0.1) is 6.07 Å². The zero-order valence-electron chi connectivity index (χ0n) is 7.82. The smallest absolute Gasteiger partial charge is 0.141 e. The summed E-state index contributed by atoms with van der Waals surface area (Å²) in [5.41, 5.74) is 6.56. The van der Waals surface area contributed by atoms with E-state index in [1.165, 1.54) is 17.3 Å². The van der Waals surface area contributed by atoms with Gasteiger partial charge < -0.3 is 5.73 Å². The van der Waals surface area contributed by atoms with Gasteiger partial charge in [-0.15, -0.1) is 0 Å². The third kappa shape index (κ3) is 2.87. The number of benzene rings is 1. The van der Waals surface area contributed by atoms with Crippen molar-refractivity contribution >= 4 is 16.8 Å². The van der Waals surface area contributed by atoms with Gasteiger partial charge in [0.2, 0.25) is 0 Å². The molecular weight excluding hydrogens is 194 g/mol. The zero-order chi connectivity index (χ0) is 10.6. The van der Waals surface area contributed by atoms with Gasteiger partial charge in [-0.3, -0.25) is 5.41 Å². The van der Waals surface area contributed by atoms with E-state index in [4.69, 9.17) is 16.4 Å². The van der Waals surface area contributed by atoms with Gasteiger partial charge in [0, 0.05) is 4.90 Å². The van der Waals surface area contributed by atoms with Crippen LogP contribution in [0.4, 0.5) is 0 Å². The van der Waals surface area contributed by atoms with Crippen LogP contribution in [0.15, 0.2) is 29.2 Å². The van der Waals surface area contributed by atoms with Crippen molar-refractivity contribution in [3.63, 3.8) is 0 Å². The third-order valence-corrected chi connectivity index (χ3v) is 2.65. The lowest BCUT2D eigenvalue weighted by Crippen LogP contribution is -2.25. The molecule has 0 amide bonds. The molecule has 0 aromatic heterocycles. The van der Waals surface area contributed by atoms with Gasteiger partial charge in [0.15, 0.2) is 0 Å². The number of aryl methyl sites for hydroxylation is 1. The molecule has 3 N–H and O–H groups in total. The van der Waals surface area contributed by atoms with Crippen molar-refractivity contribution in [3.8, 4) is 6.07 Å². The molecule has 1 unspecified atom stereocenters. The van der Waals surface area contributed by atoms with Crippen molar-refractivity contribution in [1.82, 2.24) is 0 Å². The quantitative estimate of drug-likeness (QED) is 0.440. The second kappa shape index (κ2) is 4.80. The summed E-state index contributed by atoms with van der Waals surface area (Å²) in [6, 6.07) is 8.77. The average Bonchev–Trinajstić information content (AvgIpc) is 2.20. The molecule has 3 nitrogen and oxygen atoms in total. The summed E-state index contributed by atoms with van der Waals surface area (Å²) in [6.07, 6.45) is 0. The number of nitrogens with zero attached hydrogens (tertiary/aromatic N) is 1. The van der Waals surface area contributed by atoms with E-state index >= 15 is 0 Å². The molecule has 0 saturated carbocycles. The van der Waals surface area contributed by atoms with E-state index in [0.29, 0.717) is 0 Å². The van der Waals surface area contributed by atoms with Crippen LogP contribution in [0.2, 0.25) is 0 Å². The molecule has 0 radical (unpaired) electrons. The van der Waals surface area contributed by atoms with Crippen molar-refractivity contribution < 1.29 is 0 Å². The Morgan fingerprint density at radius 3 is 2.57 bits per heavy atom. The summed E-state index contributed by atoms with van der Waals surface area (Å²) < 4.78 is 0. The number of hydrogen-bond donors (Lipinski definition) is 2. The predicted octanol–water partition coefficient (Wildman–Crippen LogP) is 1.92. The first-order valence-corrected chi connectivity index (χ1v) is 4.93. The largest absolute Gasteiger partial charge is 0.310 e. The Labute approximate surface area is 87.4 Å². The first-order chi connectivity index (χ1) is 6.63. The normalized spacial score (nSPS) is 11.8. The number of nitrogens with one attached hydrogen (secondary N) is 1. The maximum absolute atomic E-state index is 8.50. The minimum Gasteiger partial charge on any atom is -0.310 e. The van der Waals surface area contributed by atoms with Crippen molar-refractivity contribution in [2.75, 3.05) is 0 Å². The van der Waals surface area contributed by atoms with Crippen molar-refractivity contribution in [2.24, 2.45) is 5.73 Å². The van der Waals surface area contributed by atoms with Gasteiger partial charge in [-0.2, -0.15) is 5.26 Å². The SMILES string of the molecule is Cc1ccc(SC(=N)C(N)C#N)cc1. The summed E-state index contributed by atoms with van der Waals surface area (Å²) in [4.78, 5) is 0.936. The van der Waals surface area contributed by atoms with E-state index in [-0.39, 0.29) is 5.04 Å². The lowest BCUT2D eigenvalue weighted by Gasteiger charge is -2.04. The molecule has 0 saturated heterocycles. The molecule has 0 fully saturated rings. The molecule has 0 aliphatic rings. The first-order valence-electron chi connectivity index (χ1n) is 4.11. The Hall–Kier alpha value is -1.31. The Morgan fingerprint density at radius 2 is 2.07 bits per heavy atom. The van der Waals surface area contributed by atoms with Crippen molar-refractivity contribution in [1.29, 1.82) is 10.7 Å². The Balaban J connectivity index is 2.66. The summed E-state index contributed by atoms with van der Waals surface area (Å²) >= 11 is 1.22. The van der Waals surface area contributed by atoms with E-state index in [0.717, 1.165) is 4.90 Å². The van der Waals surface area contributed by atoms with E-state index in [9.17, 15) is 0 Å². The van der Waals surface area contributed by atoms with Crippen LogP contribution in [0.3, 0.4) is 0 Å². The van der Waals surface area contributed by atoms with Crippen molar-refractivity contribution in [3.05, 3.63) is 29.8 Å². The van der Waals surface area contributed by atoms with Gasteiger partial charge in [0.1, 0.15) is 11.1 Å². The number of thioether (sulfide) groups is 1. The van der Waals surface area contributed by atoms with Crippen LogP contribution in [0, 0.1) is 23.7 Å². The standard InChI is InChI=1S/C10H11N3S/c1-7-2-4-8(5-3-7)14-10(13)9(12)6-11/h2-5,9,13H,12H2,1H3. The predicted molar refractivity (Wildman–Crippen MR) is 58.4 cm³/mol. The van der Waals surface area contributed by atoms with Gasteiger partial charge in [-0.25, -0.2) is 0 Å². The van der Waals surface area contributed by atoms with E-state index in [1.807, 2.05) is 37.3 Å². The lowest BCUT2D eigenvalue weighted by molar-refractivity contribution is 1.10. The van der Waals surface area contributed by atoms with Crippen LogP contribution in [0.5, 0.6) is 0 Å². The highest BCUT2D eigenvalue weighted by molar-refractivity contribution is 8.14.